The average molecular weight is 391 g/mol. The van der Waals surface area contributed by atoms with Crippen LogP contribution in [0.4, 0.5) is 4.79 Å². The molecule has 1 aliphatic carbocycles. The molecule has 0 aliphatic heterocycles. The van der Waals surface area contributed by atoms with Crippen LogP contribution in [0.5, 0.6) is 0 Å². The van der Waals surface area contributed by atoms with Gasteiger partial charge in [0.05, 0.1) is 0 Å². The number of benzene rings is 1. The SMILES string of the molecule is CN(CCCO)Cc1ccc([C@H]2CC[C@H](N(C)C(=O)OC(C)(C)C)CC2)cc1. The summed E-state index contributed by atoms with van der Waals surface area (Å²) in [5, 5.41) is 8.94. The Labute approximate surface area is 170 Å². The van der Waals surface area contributed by atoms with E-state index in [9.17, 15) is 4.79 Å². The van der Waals surface area contributed by atoms with E-state index >= 15 is 0 Å². The van der Waals surface area contributed by atoms with Gasteiger partial charge in [0, 0.05) is 32.8 Å². The number of aliphatic hydroxyl groups is 1. The van der Waals surface area contributed by atoms with Crippen LogP contribution in [-0.2, 0) is 11.3 Å². The molecule has 0 bridgehead atoms. The van der Waals surface area contributed by atoms with Crippen molar-refractivity contribution in [3.63, 3.8) is 0 Å². The highest BCUT2D eigenvalue weighted by Crippen LogP contribution is 2.35. The molecule has 158 valence electrons. The molecule has 0 unspecified atom stereocenters. The molecule has 0 radical (unpaired) electrons. The molecule has 1 saturated carbocycles. The van der Waals surface area contributed by atoms with E-state index in [0.29, 0.717) is 5.92 Å². The van der Waals surface area contributed by atoms with Gasteiger partial charge in [0.2, 0.25) is 0 Å². The average Bonchev–Trinajstić information content (AvgIpc) is 2.65. The minimum absolute atomic E-state index is 0.217. The van der Waals surface area contributed by atoms with Gasteiger partial charge in [0.25, 0.3) is 0 Å². The molecule has 0 saturated heterocycles. The number of carbonyl (C=O) groups excluding carboxylic acids is 1. The summed E-state index contributed by atoms with van der Waals surface area (Å²) in [5.74, 6) is 0.574. The molecular formula is C23H38N2O3. The van der Waals surface area contributed by atoms with Crippen molar-refractivity contribution >= 4 is 6.09 Å². The Kier molecular flexibility index (Phi) is 8.32. The molecule has 0 aromatic heterocycles. The Bertz CT molecular complexity index is 601. The lowest BCUT2D eigenvalue weighted by molar-refractivity contribution is 0.0183. The van der Waals surface area contributed by atoms with Gasteiger partial charge in [-0.1, -0.05) is 24.3 Å². The molecule has 1 fully saturated rings. The first-order valence-electron chi connectivity index (χ1n) is 10.5. The highest BCUT2D eigenvalue weighted by molar-refractivity contribution is 5.68. The number of ether oxygens (including phenoxy) is 1. The molecule has 0 atom stereocenters. The molecule has 1 aromatic rings. The largest absolute Gasteiger partial charge is 0.444 e. The molecule has 0 heterocycles. The van der Waals surface area contributed by atoms with Gasteiger partial charge in [-0.25, -0.2) is 4.79 Å². The van der Waals surface area contributed by atoms with Crippen LogP contribution in [-0.4, -0.2) is 59.9 Å². The Morgan fingerprint density at radius 3 is 2.25 bits per heavy atom. The fourth-order valence-corrected chi connectivity index (χ4v) is 3.91. The molecule has 0 spiro atoms. The second-order valence-corrected chi connectivity index (χ2v) is 9.15. The number of hydrogen-bond donors (Lipinski definition) is 1. The summed E-state index contributed by atoms with van der Waals surface area (Å²) in [6.45, 7) is 7.79. The molecule has 5 nitrogen and oxygen atoms in total. The second kappa shape index (κ2) is 10.3. The molecule has 1 N–H and O–H groups in total. The summed E-state index contributed by atoms with van der Waals surface area (Å²) in [6, 6.07) is 9.24. The summed E-state index contributed by atoms with van der Waals surface area (Å²) >= 11 is 0. The minimum atomic E-state index is -0.448. The lowest BCUT2D eigenvalue weighted by Crippen LogP contribution is -2.42. The second-order valence-electron chi connectivity index (χ2n) is 9.15. The third kappa shape index (κ3) is 7.10. The predicted octanol–water partition coefficient (Wildman–Crippen LogP) is 4.39. The summed E-state index contributed by atoms with van der Waals surface area (Å²) in [7, 11) is 3.95. The van der Waals surface area contributed by atoms with Crippen molar-refractivity contribution in [1.29, 1.82) is 0 Å². The van der Waals surface area contributed by atoms with Gasteiger partial charge in [-0.2, -0.15) is 0 Å². The zero-order valence-electron chi connectivity index (χ0n) is 18.3. The summed E-state index contributed by atoms with van der Waals surface area (Å²) in [4.78, 5) is 16.3. The van der Waals surface area contributed by atoms with Gasteiger partial charge in [-0.05, 0) is 77.0 Å². The summed E-state index contributed by atoms with van der Waals surface area (Å²) in [6.07, 6.45) is 4.85. The monoisotopic (exact) mass is 390 g/mol. The van der Waals surface area contributed by atoms with Crippen LogP contribution in [0.15, 0.2) is 24.3 Å². The minimum Gasteiger partial charge on any atom is -0.444 e. The first kappa shape index (κ1) is 22.7. The van der Waals surface area contributed by atoms with Gasteiger partial charge in [0.1, 0.15) is 5.60 Å². The van der Waals surface area contributed by atoms with Crippen LogP contribution in [0.2, 0.25) is 0 Å². The fraction of sp³-hybridized carbons (Fsp3) is 0.696. The Morgan fingerprint density at radius 1 is 1.11 bits per heavy atom. The zero-order chi connectivity index (χ0) is 20.7. The lowest BCUT2D eigenvalue weighted by atomic mass is 9.81. The highest BCUT2D eigenvalue weighted by atomic mass is 16.6. The smallest absolute Gasteiger partial charge is 0.410 e. The topological polar surface area (TPSA) is 53.0 Å². The molecule has 5 heteroatoms. The van der Waals surface area contributed by atoms with E-state index in [4.69, 9.17) is 9.84 Å². The number of amides is 1. The molecule has 2 rings (SSSR count). The predicted molar refractivity (Wildman–Crippen MR) is 113 cm³/mol. The normalized spacial score (nSPS) is 20.2. The Balaban J connectivity index is 1.83. The number of aliphatic hydroxyl groups excluding tert-OH is 1. The lowest BCUT2D eigenvalue weighted by Gasteiger charge is -2.35. The molecule has 1 aliphatic rings. The number of rotatable bonds is 7. The third-order valence-electron chi connectivity index (χ3n) is 5.53. The molecular weight excluding hydrogens is 352 g/mol. The summed E-state index contributed by atoms with van der Waals surface area (Å²) < 4.78 is 5.50. The summed E-state index contributed by atoms with van der Waals surface area (Å²) in [5.41, 5.74) is 2.26. The van der Waals surface area contributed by atoms with Crippen LogP contribution in [0, 0.1) is 0 Å². The molecule has 1 aromatic carbocycles. The van der Waals surface area contributed by atoms with Crippen LogP contribution in [0.3, 0.4) is 0 Å². The van der Waals surface area contributed by atoms with Gasteiger partial charge >= 0.3 is 6.09 Å². The van der Waals surface area contributed by atoms with E-state index < -0.39 is 5.60 Å². The van der Waals surface area contributed by atoms with Crippen LogP contribution >= 0.6 is 0 Å². The van der Waals surface area contributed by atoms with Gasteiger partial charge < -0.3 is 19.6 Å². The van der Waals surface area contributed by atoms with Crippen molar-refractivity contribution in [2.24, 2.45) is 0 Å². The van der Waals surface area contributed by atoms with Gasteiger partial charge in [0.15, 0.2) is 0 Å². The molecule has 28 heavy (non-hydrogen) atoms. The Morgan fingerprint density at radius 2 is 1.71 bits per heavy atom. The van der Waals surface area contributed by atoms with Crippen LogP contribution < -0.4 is 0 Å². The van der Waals surface area contributed by atoms with Crippen molar-refractivity contribution in [1.82, 2.24) is 9.80 Å². The highest BCUT2D eigenvalue weighted by Gasteiger charge is 2.29. The van der Waals surface area contributed by atoms with E-state index in [0.717, 1.165) is 45.2 Å². The van der Waals surface area contributed by atoms with E-state index in [1.54, 1.807) is 4.90 Å². The van der Waals surface area contributed by atoms with E-state index in [1.807, 2.05) is 27.8 Å². The van der Waals surface area contributed by atoms with Crippen molar-refractivity contribution in [2.45, 2.75) is 77.0 Å². The van der Waals surface area contributed by atoms with Crippen LogP contribution in [0.1, 0.15) is 69.9 Å². The van der Waals surface area contributed by atoms with Crippen molar-refractivity contribution in [3.8, 4) is 0 Å². The van der Waals surface area contributed by atoms with Crippen molar-refractivity contribution in [2.75, 3.05) is 27.2 Å². The number of nitrogens with zero attached hydrogens (tertiary/aromatic N) is 2. The number of carbonyl (C=O) groups is 1. The van der Waals surface area contributed by atoms with Crippen molar-refractivity contribution in [3.05, 3.63) is 35.4 Å². The van der Waals surface area contributed by atoms with Gasteiger partial charge in [-0.3, -0.25) is 0 Å². The van der Waals surface area contributed by atoms with E-state index in [1.165, 1.54) is 11.1 Å². The maximum atomic E-state index is 12.3. The first-order chi connectivity index (χ1) is 13.2. The quantitative estimate of drug-likeness (QED) is 0.750. The standard InChI is InChI=1S/C23H38N2O3/c1-23(2,3)28-22(27)25(5)21-13-11-20(12-14-21)19-9-7-18(8-10-19)17-24(4)15-6-16-26/h7-10,20-21,26H,6,11-17H2,1-5H3/t20-,21-. The molecule has 1 amide bonds. The first-order valence-corrected chi connectivity index (χ1v) is 10.5. The maximum absolute atomic E-state index is 12.3. The Hall–Kier alpha value is -1.59. The van der Waals surface area contributed by atoms with E-state index in [-0.39, 0.29) is 18.7 Å². The fourth-order valence-electron chi connectivity index (χ4n) is 3.91. The van der Waals surface area contributed by atoms with E-state index in [2.05, 4.69) is 36.2 Å². The van der Waals surface area contributed by atoms with Crippen LogP contribution in [0.25, 0.3) is 0 Å². The van der Waals surface area contributed by atoms with Gasteiger partial charge in [-0.15, -0.1) is 0 Å². The number of hydrogen-bond acceptors (Lipinski definition) is 4. The maximum Gasteiger partial charge on any atom is 0.410 e. The third-order valence-corrected chi connectivity index (χ3v) is 5.53. The zero-order valence-corrected chi connectivity index (χ0v) is 18.3. The van der Waals surface area contributed by atoms with Crippen molar-refractivity contribution < 1.29 is 14.6 Å².